The van der Waals surface area contributed by atoms with Gasteiger partial charge in [0.1, 0.15) is 0 Å². The zero-order chi connectivity index (χ0) is 11.4. The molecule has 0 amide bonds. The maximum absolute atomic E-state index is 8.85. The molecule has 0 aliphatic rings. The molecule has 0 N–H and O–H groups in total. The largest absolute Gasteiger partial charge is 0.193 e. The summed E-state index contributed by atoms with van der Waals surface area (Å²) in [5, 5.41) is 10.0. The third-order valence-electron chi connectivity index (χ3n) is 1.94. The Morgan fingerprint density at radius 2 is 2.07 bits per heavy atom. The number of hydrogen-bond acceptors (Lipinski definition) is 1. The monoisotopic (exact) mass is 259 g/mol. The third kappa shape index (κ3) is 2.66. The van der Waals surface area contributed by atoms with E-state index in [2.05, 4.69) is 0 Å². The summed E-state index contributed by atoms with van der Waals surface area (Å²) in [6, 6.07) is 7.20. The highest BCUT2D eigenvalue weighted by Gasteiger charge is 2.11. The molecule has 0 unspecified atom stereocenters. The Morgan fingerprint density at radius 1 is 1.40 bits per heavy atom. The number of halogens is 3. The van der Waals surface area contributed by atoms with Gasteiger partial charge in [0.05, 0.1) is 21.1 Å². The van der Waals surface area contributed by atoms with E-state index in [9.17, 15) is 0 Å². The zero-order valence-electron chi connectivity index (χ0n) is 8.02. The highest BCUT2D eigenvalue weighted by atomic mass is 35.5. The molecular weight excluding hydrogens is 252 g/mol. The van der Waals surface area contributed by atoms with Crippen LogP contribution < -0.4 is 0 Å². The molecule has 15 heavy (non-hydrogen) atoms. The Morgan fingerprint density at radius 3 is 2.60 bits per heavy atom. The number of hydrogen-bond donors (Lipinski definition) is 0. The van der Waals surface area contributed by atoms with Crippen molar-refractivity contribution in [3.05, 3.63) is 39.4 Å². The number of nitrogens with zero attached hydrogens (tertiary/aromatic N) is 1. The van der Waals surface area contributed by atoms with E-state index in [1.807, 2.05) is 13.0 Å². The van der Waals surface area contributed by atoms with Crippen molar-refractivity contribution in [2.75, 3.05) is 0 Å². The average molecular weight is 261 g/mol. The van der Waals surface area contributed by atoms with Gasteiger partial charge in [-0.2, -0.15) is 5.26 Å². The lowest BCUT2D eigenvalue weighted by atomic mass is 10.1. The van der Waals surface area contributed by atoms with Gasteiger partial charge in [0.15, 0.2) is 0 Å². The maximum Gasteiger partial charge on any atom is 0.0962 e. The lowest BCUT2D eigenvalue weighted by molar-refractivity contribution is 1.16. The fraction of sp³-hybridized carbons (Fsp3) is 0.182. The molecule has 0 saturated heterocycles. The van der Waals surface area contributed by atoms with Crippen LogP contribution >= 0.6 is 34.8 Å². The van der Waals surface area contributed by atoms with E-state index in [0.29, 0.717) is 32.6 Å². The number of rotatable bonds is 2. The summed E-state index contributed by atoms with van der Waals surface area (Å²) in [6.07, 6.45) is 0.568. The molecule has 0 spiro atoms. The van der Waals surface area contributed by atoms with Crippen LogP contribution in [0.5, 0.6) is 0 Å². The van der Waals surface area contributed by atoms with Crippen LogP contribution in [-0.2, 0) is 0 Å². The molecule has 0 bridgehead atoms. The predicted molar refractivity (Wildman–Crippen MR) is 65.1 cm³/mol. The smallest absolute Gasteiger partial charge is 0.0962 e. The van der Waals surface area contributed by atoms with Gasteiger partial charge in [-0.25, -0.2) is 0 Å². The predicted octanol–water partition coefficient (Wildman–Crippen LogP) is 4.88. The Hall–Kier alpha value is -0.680. The first kappa shape index (κ1) is 12.4. The van der Waals surface area contributed by atoms with Gasteiger partial charge in [0, 0.05) is 11.1 Å². The quantitative estimate of drug-likeness (QED) is 0.696. The van der Waals surface area contributed by atoms with E-state index >= 15 is 0 Å². The van der Waals surface area contributed by atoms with Crippen LogP contribution in [0.2, 0.25) is 10.0 Å². The number of benzene rings is 1. The second-order valence-corrected chi connectivity index (χ2v) is 4.02. The van der Waals surface area contributed by atoms with E-state index in [1.165, 1.54) is 0 Å². The van der Waals surface area contributed by atoms with Crippen LogP contribution in [0.15, 0.2) is 23.8 Å². The van der Waals surface area contributed by atoms with Crippen LogP contribution in [0, 0.1) is 11.3 Å². The molecule has 1 aromatic rings. The van der Waals surface area contributed by atoms with Crippen molar-refractivity contribution in [2.45, 2.75) is 13.3 Å². The van der Waals surface area contributed by atoms with E-state index in [0.717, 1.165) is 0 Å². The number of nitriles is 1. The maximum atomic E-state index is 8.85. The lowest BCUT2D eigenvalue weighted by Gasteiger charge is -2.05. The van der Waals surface area contributed by atoms with Gasteiger partial charge in [-0.3, -0.25) is 0 Å². The van der Waals surface area contributed by atoms with Crippen molar-refractivity contribution in [1.82, 2.24) is 0 Å². The van der Waals surface area contributed by atoms with Crippen LogP contribution in [0.1, 0.15) is 18.9 Å². The molecule has 1 rings (SSSR count). The molecule has 0 atom stereocenters. The zero-order valence-corrected chi connectivity index (χ0v) is 10.3. The Kier molecular flexibility index (Phi) is 4.47. The van der Waals surface area contributed by atoms with E-state index < -0.39 is 0 Å². The summed E-state index contributed by atoms with van der Waals surface area (Å²) in [4.78, 5) is 0. The minimum Gasteiger partial charge on any atom is -0.193 e. The summed E-state index contributed by atoms with van der Waals surface area (Å²) in [7, 11) is 0. The number of allylic oxidation sites excluding steroid dienone is 1. The second kappa shape index (κ2) is 5.42. The van der Waals surface area contributed by atoms with Gasteiger partial charge < -0.3 is 0 Å². The summed E-state index contributed by atoms with van der Waals surface area (Å²) in [5.74, 6) is 0. The fourth-order valence-corrected chi connectivity index (χ4v) is 1.90. The van der Waals surface area contributed by atoms with Gasteiger partial charge in [-0.05, 0) is 12.5 Å². The fourth-order valence-electron chi connectivity index (χ4n) is 1.12. The Balaban J connectivity index is 3.35. The van der Waals surface area contributed by atoms with Crippen LogP contribution in [-0.4, -0.2) is 0 Å². The molecule has 1 aromatic carbocycles. The molecule has 0 radical (unpaired) electrons. The van der Waals surface area contributed by atoms with Gasteiger partial charge in [-0.15, -0.1) is 0 Å². The average Bonchev–Trinajstić information content (AvgIpc) is 2.23. The normalized spacial score (nSPS) is 11.9. The first-order valence-corrected chi connectivity index (χ1v) is 5.48. The molecule has 1 nitrogen and oxygen atoms in total. The lowest BCUT2D eigenvalue weighted by Crippen LogP contribution is -1.85. The van der Waals surface area contributed by atoms with Crippen LogP contribution in [0.3, 0.4) is 0 Å². The summed E-state index contributed by atoms with van der Waals surface area (Å²) in [5.41, 5.74) is 1.10. The standard InChI is InChI=1S/C11H8Cl3N/c1-2-7(6-15)10(13)8-4-3-5-9(12)11(8)14/h3-5H,2H2,1H3. The van der Waals surface area contributed by atoms with Crippen molar-refractivity contribution in [3.63, 3.8) is 0 Å². The first-order valence-electron chi connectivity index (χ1n) is 4.35. The SMILES string of the molecule is CCC(C#N)=C(Cl)c1cccc(Cl)c1Cl. The summed E-state index contributed by atoms with van der Waals surface area (Å²) >= 11 is 17.9. The molecule has 0 fully saturated rings. The summed E-state index contributed by atoms with van der Waals surface area (Å²) < 4.78 is 0. The van der Waals surface area contributed by atoms with E-state index in [1.54, 1.807) is 18.2 Å². The minimum absolute atomic E-state index is 0.368. The molecule has 4 heteroatoms. The Labute approximate surface area is 104 Å². The van der Waals surface area contributed by atoms with Crippen LogP contribution in [0.4, 0.5) is 0 Å². The second-order valence-electron chi connectivity index (χ2n) is 2.86. The molecule has 0 aliphatic carbocycles. The highest BCUT2D eigenvalue weighted by molar-refractivity contribution is 6.52. The molecular formula is C11H8Cl3N. The third-order valence-corrected chi connectivity index (χ3v) is 3.19. The highest BCUT2D eigenvalue weighted by Crippen LogP contribution is 2.34. The molecule has 78 valence electrons. The van der Waals surface area contributed by atoms with Crippen molar-refractivity contribution in [3.8, 4) is 6.07 Å². The first-order chi connectivity index (χ1) is 7.11. The molecule has 0 aliphatic heterocycles. The molecule has 0 aromatic heterocycles. The minimum atomic E-state index is 0.368. The van der Waals surface area contributed by atoms with Gasteiger partial charge in [-0.1, -0.05) is 53.9 Å². The van der Waals surface area contributed by atoms with Crippen molar-refractivity contribution in [1.29, 1.82) is 5.26 Å². The molecule has 0 saturated carbocycles. The van der Waals surface area contributed by atoms with E-state index in [4.69, 9.17) is 40.1 Å². The van der Waals surface area contributed by atoms with Crippen molar-refractivity contribution >= 4 is 39.8 Å². The van der Waals surface area contributed by atoms with Crippen molar-refractivity contribution in [2.24, 2.45) is 0 Å². The van der Waals surface area contributed by atoms with Crippen LogP contribution in [0.25, 0.3) is 5.03 Å². The topological polar surface area (TPSA) is 23.8 Å². The van der Waals surface area contributed by atoms with Gasteiger partial charge in [0.25, 0.3) is 0 Å². The van der Waals surface area contributed by atoms with Gasteiger partial charge in [0.2, 0.25) is 0 Å². The van der Waals surface area contributed by atoms with Crippen molar-refractivity contribution < 1.29 is 0 Å². The van der Waals surface area contributed by atoms with Gasteiger partial charge >= 0.3 is 0 Å². The Bertz CT molecular complexity index is 444. The summed E-state index contributed by atoms with van der Waals surface area (Å²) in [6.45, 7) is 1.86. The van der Waals surface area contributed by atoms with E-state index in [-0.39, 0.29) is 0 Å². The molecule has 0 heterocycles.